The van der Waals surface area contributed by atoms with Gasteiger partial charge in [-0.25, -0.2) is 4.79 Å². The van der Waals surface area contributed by atoms with Gasteiger partial charge in [-0.3, -0.25) is 4.79 Å². The van der Waals surface area contributed by atoms with Crippen LogP contribution in [0.3, 0.4) is 0 Å². The highest BCUT2D eigenvalue weighted by Gasteiger charge is 2.25. The van der Waals surface area contributed by atoms with Crippen molar-refractivity contribution in [2.24, 2.45) is 0 Å². The van der Waals surface area contributed by atoms with Crippen LogP contribution in [0.4, 0.5) is 4.79 Å². The number of hydrogen-bond donors (Lipinski definition) is 1. The van der Waals surface area contributed by atoms with E-state index in [1.807, 2.05) is 36.4 Å². The van der Waals surface area contributed by atoms with Crippen LogP contribution in [0.25, 0.3) is 0 Å². The highest BCUT2D eigenvalue weighted by atomic mass is 16.6. The van der Waals surface area contributed by atoms with E-state index in [0.717, 1.165) is 37.7 Å². The zero-order chi connectivity index (χ0) is 18.7. The van der Waals surface area contributed by atoms with E-state index in [4.69, 9.17) is 4.74 Å². The standard InChI is InChI=1S/C21H31NO3/c1-5-6-7-8-9-13-16-18(23)19(17-14-11-10-12-15-17)22-20(24)25-21(2,3)4/h5,10-12,14-15,19H,1,6-9,13,16H2,2-4H3,(H,22,24)/t19-/m1/s1. The van der Waals surface area contributed by atoms with Crippen molar-refractivity contribution in [1.29, 1.82) is 0 Å². The van der Waals surface area contributed by atoms with Crippen LogP contribution in [-0.2, 0) is 9.53 Å². The van der Waals surface area contributed by atoms with Crippen LogP contribution in [0, 0.1) is 0 Å². The maximum absolute atomic E-state index is 12.6. The van der Waals surface area contributed by atoms with Gasteiger partial charge in [0.1, 0.15) is 11.6 Å². The second-order valence-corrected chi connectivity index (χ2v) is 7.20. The first-order valence-electron chi connectivity index (χ1n) is 9.01. The van der Waals surface area contributed by atoms with Gasteiger partial charge in [0.15, 0.2) is 5.78 Å². The summed E-state index contributed by atoms with van der Waals surface area (Å²) in [6.07, 6.45) is 6.85. The number of carbonyl (C=O) groups excluding carboxylic acids is 2. The minimum absolute atomic E-state index is 0.0146. The van der Waals surface area contributed by atoms with E-state index in [1.165, 1.54) is 0 Å². The number of benzene rings is 1. The number of rotatable bonds is 10. The Hall–Kier alpha value is -2.10. The third-order valence-electron chi connectivity index (χ3n) is 3.70. The average Bonchev–Trinajstić information content (AvgIpc) is 2.55. The summed E-state index contributed by atoms with van der Waals surface area (Å²) >= 11 is 0. The van der Waals surface area contributed by atoms with Gasteiger partial charge in [-0.05, 0) is 45.6 Å². The summed E-state index contributed by atoms with van der Waals surface area (Å²) in [5, 5.41) is 2.73. The fourth-order valence-corrected chi connectivity index (χ4v) is 2.51. The summed E-state index contributed by atoms with van der Waals surface area (Å²) in [6.45, 7) is 9.11. The highest BCUT2D eigenvalue weighted by molar-refractivity contribution is 5.88. The zero-order valence-corrected chi connectivity index (χ0v) is 15.7. The lowest BCUT2D eigenvalue weighted by Crippen LogP contribution is -2.38. The minimum Gasteiger partial charge on any atom is -0.444 e. The van der Waals surface area contributed by atoms with E-state index in [9.17, 15) is 9.59 Å². The van der Waals surface area contributed by atoms with Crippen LogP contribution in [0.15, 0.2) is 43.0 Å². The molecule has 0 bridgehead atoms. The van der Waals surface area contributed by atoms with Crippen LogP contribution in [0.2, 0.25) is 0 Å². The largest absolute Gasteiger partial charge is 0.444 e. The topological polar surface area (TPSA) is 55.4 Å². The number of ketones is 1. The molecule has 0 spiro atoms. The van der Waals surface area contributed by atoms with E-state index < -0.39 is 17.7 Å². The van der Waals surface area contributed by atoms with Crippen molar-refractivity contribution in [3.8, 4) is 0 Å². The number of hydrogen-bond acceptors (Lipinski definition) is 3. The van der Waals surface area contributed by atoms with Crippen molar-refractivity contribution in [3.05, 3.63) is 48.6 Å². The van der Waals surface area contributed by atoms with E-state index in [2.05, 4.69) is 11.9 Å². The maximum Gasteiger partial charge on any atom is 0.408 e. The molecule has 0 aliphatic rings. The Bertz CT molecular complexity index is 546. The molecule has 0 aliphatic heterocycles. The SMILES string of the molecule is C=CCCCCCCC(=O)[C@H](NC(=O)OC(C)(C)C)c1ccccc1. The van der Waals surface area contributed by atoms with Crippen molar-refractivity contribution < 1.29 is 14.3 Å². The van der Waals surface area contributed by atoms with Gasteiger partial charge in [0.05, 0.1) is 0 Å². The van der Waals surface area contributed by atoms with Gasteiger partial charge in [-0.2, -0.15) is 0 Å². The summed E-state index contributed by atoms with van der Waals surface area (Å²) < 4.78 is 5.30. The number of nitrogens with one attached hydrogen (secondary N) is 1. The Morgan fingerprint density at radius 1 is 1.12 bits per heavy atom. The molecular formula is C21H31NO3. The molecule has 1 amide bonds. The normalized spacial score (nSPS) is 12.3. The van der Waals surface area contributed by atoms with Gasteiger partial charge in [0, 0.05) is 6.42 Å². The molecule has 0 aromatic heterocycles. The van der Waals surface area contributed by atoms with Crippen LogP contribution < -0.4 is 5.32 Å². The number of Topliss-reactive ketones (excluding diaryl/α,β-unsaturated/α-hetero) is 1. The van der Waals surface area contributed by atoms with E-state index in [1.54, 1.807) is 20.8 Å². The highest BCUT2D eigenvalue weighted by Crippen LogP contribution is 2.19. The van der Waals surface area contributed by atoms with Crippen LogP contribution in [0.5, 0.6) is 0 Å². The number of carbonyl (C=O) groups is 2. The zero-order valence-electron chi connectivity index (χ0n) is 15.7. The molecule has 4 heteroatoms. The monoisotopic (exact) mass is 345 g/mol. The summed E-state index contributed by atoms with van der Waals surface area (Å²) in [5.41, 5.74) is 0.185. The van der Waals surface area contributed by atoms with E-state index >= 15 is 0 Å². The molecule has 1 rings (SSSR count). The first-order valence-corrected chi connectivity index (χ1v) is 9.01. The smallest absolute Gasteiger partial charge is 0.408 e. The Morgan fingerprint density at radius 2 is 1.76 bits per heavy atom. The average molecular weight is 345 g/mol. The van der Waals surface area contributed by atoms with Gasteiger partial charge in [-0.1, -0.05) is 49.2 Å². The molecule has 4 nitrogen and oxygen atoms in total. The van der Waals surface area contributed by atoms with Crippen molar-refractivity contribution in [1.82, 2.24) is 5.32 Å². The molecule has 0 aliphatic carbocycles. The lowest BCUT2D eigenvalue weighted by molar-refractivity contribution is -0.121. The second kappa shape index (κ2) is 10.7. The van der Waals surface area contributed by atoms with Crippen LogP contribution in [-0.4, -0.2) is 17.5 Å². The fraction of sp³-hybridized carbons (Fsp3) is 0.524. The Morgan fingerprint density at radius 3 is 2.36 bits per heavy atom. The van der Waals surface area contributed by atoms with Crippen LogP contribution >= 0.6 is 0 Å². The van der Waals surface area contributed by atoms with Gasteiger partial charge < -0.3 is 10.1 Å². The third kappa shape index (κ3) is 9.08. The number of ether oxygens (including phenoxy) is 1. The van der Waals surface area contributed by atoms with Gasteiger partial charge >= 0.3 is 6.09 Å². The molecule has 0 saturated heterocycles. The van der Waals surface area contributed by atoms with Crippen molar-refractivity contribution in [2.75, 3.05) is 0 Å². The molecule has 1 N–H and O–H groups in total. The number of amides is 1. The summed E-state index contributed by atoms with van der Waals surface area (Å²) in [6, 6.07) is 8.65. The van der Waals surface area contributed by atoms with Crippen molar-refractivity contribution in [3.63, 3.8) is 0 Å². The molecule has 0 radical (unpaired) electrons. The molecular weight excluding hydrogens is 314 g/mol. The Balaban J connectivity index is 2.63. The minimum atomic E-state index is -0.663. The Kier molecular flexibility index (Phi) is 8.96. The first kappa shape index (κ1) is 20.9. The second-order valence-electron chi connectivity index (χ2n) is 7.20. The maximum atomic E-state index is 12.6. The van der Waals surface area contributed by atoms with E-state index in [-0.39, 0.29) is 5.78 Å². The third-order valence-corrected chi connectivity index (χ3v) is 3.70. The number of allylic oxidation sites excluding steroid dienone is 1. The molecule has 1 atom stereocenters. The van der Waals surface area contributed by atoms with Gasteiger partial charge in [-0.15, -0.1) is 6.58 Å². The molecule has 1 aromatic carbocycles. The molecule has 1 aromatic rings. The Labute approximate surface area is 151 Å². The summed E-state index contributed by atoms with van der Waals surface area (Å²) in [7, 11) is 0. The molecule has 25 heavy (non-hydrogen) atoms. The molecule has 0 unspecified atom stereocenters. The molecule has 138 valence electrons. The van der Waals surface area contributed by atoms with Gasteiger partial charge in [0.2, 0.25) is 0 Å². The predicted molar refractivity (Wildman–Crippen MR) is 101 cm³/mol. The van der Waals surface area contributed by atoms with Crippen LogP contribution in [0.1, 0.15) is 70.9 Å². The lowest BCUT2D eigenvalue weighted by atomic mass is 9.98. The van der Waals surface area contributed by atoms with E-state index in [0.29, 0.717) is 6.42 Å². The van der Waals surface area contributed by atoms with Crippen molar-refractivity contribution in [2.45, 2.75) is 70.9 Å². The predicted octanol–water partition coefficient (Wildman–Crippen LogP) is 5.35. The quantitative estimate of drug-likeness (QED) is 0.459. The molecule has 0 heterocycles. The number of alkyl carbamates (subject to hydrolysis) is 1. The molecule has 0 saturated carbocycles. The van der Waals surface area contributed by atoms with Crippen molar-refractivity contribution >= 4 is 11.9 Å². The number of unbranched alkanes of at least 4 members (excludes halogenated alkanes) is 4. The first-order chi connectivity index (χ1) is 11.8. The molecule has 0 fully saturated rings. The fourth-order valence-electron chi connectivity index (χ4n) is 2.51. The summed E-state index contributed by atoms with van der Waals surface area (Å²) in [4.78, 5) is 24.7. The van der Waals surface area contributed by atoms with Gasteiger partial charge in [0.25, 0.3) is 0 Å². The summed E-state index contributed by atoms with van der Waals surface area (Å²) in [5.74, 6) is 0.0146. The lowest BCUT2D eigenvalue weighted by Gasteiger charge is -2.23.